The van der Waals surface area contributed by atoms with Crippen LogP contribution in [0.2, 0.25) is 0 Å². The molecule has 0 bridgehead atoms. The molecule has 5 nitrogen and oxygen atoms in total. The van der Waals surface area contributed by atoms with Gasteiger partial charge in [0.15, 0.2) is 0 Å². The zero-order chi connectivity index (χ0) is 9.97. The van der Waals surface area contributed by atoms with E-state index in [2.05, 4.69) is 15.0 Å². The zero-order valence-corrected chi connectivity index (χ0v) is 7.25. The van der Waals surface area contributed by atoms with Gasteiger partial charge in [0.05, 0.1) is 24.3 Å². The van der Waals surface area contributed by atoms with Gasteiger partial charge < -0.3 is 10.8 Å². The SMILES string of the molecule is Nc1cncc(-c2cncc(O)c2)n1. The highest BCUT2D eigenvalue weighted by atomic mass is 16.3. The smallest absolute Gasteiger partial charge is 0.142 e. The first-order valence-corrected chi connectivity index (χ1v) is 3.97. The van der Waals surface area contributed by atoms with Crippen molar-refractivity contribution in [1.82, 2.24) is 15.0 Å². The number of nitrogen functional groups attached to an aromatic ring is 1. The van der Waals surface area contributed by atoms with E-state index in [0.717, 1.165) is 0 Å². The maximum Gasteiger partial charge on any atom is 0.142 e. The predicted molar refractivity (Wildman–Crippen MR) is 51.3 cm³/mol. The summed E-state index contributed by atoms with van der Waals surface area (Å²) in [5.74, 6) is 0.428. The number of rotatable bonds is 1. The van der Waals surface area contributed by atoms with Crippen LogP contribution in [0.5, 0.6) is 5.75 Å². The van der Waals surface area contributed by atoms with E-state index in [0.29, 0.717) is 17.1 Å². The number of hydrogen-bond acceptors (Lipinski definition) is 5. The van der Waals surface area contributed by atoms with E-state index in [1.165, 1.54) is 12.4 Å². The lowest BCUT2D eigenvalue weighted by molar-refractivity contribution is 0.473. The fourth-order valence-electron chi connectivity index (χ4n) is 1.09. The molecule has 2 aromatic rings. The molecule has 70 valence electrons. The van der Waals surface area contributed by atoms with Crippen molar-refractivity contribution in [2.75, 3.05) is 5.73 Å². The second-order valence-electron chi connectivity index (χ2n) is 2.76. The number of hydrogen-bond donors (Lipinski definition) is 2. The van der Waals surface area contributed by atoms with Crippen molar-refractivity contribution in [2.45, 2.75) is 0 Å². The predicted octanol–water partition coefficient (Wildman–Crippen LogP) is 0.826. The third-order valence-electron chi connectivity index (χ3n) is 1.67. The highest BCUT2D eigenvalue weighted by Gasteiger charge is 2.01. The van der Waals surface area contributed by atoms with Gasteiger partial charge in [0.2, 0.25) is 0 Å². The van der Waals surface area contributed by atoms with Crippen LogP contribution in [0.4, 0.5) is 5.82 Å². The second-order valence-corrected chi connectivity index (χ2v) is 2.76. The molecule has 0 saturated heterocycles. The lowest BCUT2D eigenvalue weighted by Gasteiger charge is -2.00. The molecule has 0 aliphatic heterocycles. The number of anilines is 1. The van der Waals surface area contributed by atoms with Crippen molar-refractivity contribution in [3.8, 4) is 17.0 Å². The molecule has 14 heavy (non-hydrogen) atoms. The summed E-state index contributed by atoms with van der Waals surface area (Å²) in [6.07, 6.45) is 5.96. The van der Waals surface area contributed by atoms with E-state index >= 15 is 0 Å². The maximum absolute atomic E-state index is 9.20. The van der Waals surface area contributed by atoms with Crippen molar-refractivity contribution < 1.29 is 5.11 Å². The van der Waals surface area contributed by atoms with Crippen LogP contribution < -0.4 is 5.73 Å². The minimum absolute atomic E-state index is 0.0896. The van der Waals surface area contributed by atoms with E-state index in [1.807, 2.05) is 0 Å². The van der Waals surface area contributed by atoms with Gasteiger partial charge in [0, 0.05) is 11.8 Å². The van der Waals surface area contributed by atoms with Crippen LogP contribution in [0.25, 0.3) is 11.3 Å². The highest BCUT2D eigenvalue weighted by molar-refractivity contribution is 5.59. The summed E-state index contributed by atoms with van der Waals surface area (Å²) in [6, 6.07) is 1.55. The Morgan fingerprint density at radius 2 is 1.86 bits per heavy atom. The summed E-state index contributed by atoms with van der Waals surface area (Å²) >= 11 is 0. The molecule has 2 rings (SSSR count). The zero-order valence-electron chi connectivity index (χ0n) is 7.25. The maximum atomic E-state index is 9.20. The molecule has 0 saturated carbocycles. The molecule has 0 amide bonds. The van der Waals surface area contributed by atoms with Gasteiger partial charge in [0.1, 0.15) is 11.6 Å². The summed E-state index contributed by atoms with van der Waals surface area (Å²) in [7, 11) is 0. The van der Waals surface area contributed by atoms with Crippen molar-refractivity contribution in [3.05, 3.63) is 30.9 Å². The fraction of sp³-hybridized carbons (Fsp3) is 0. The van der Waals surface area contributed by atoms with Crippen molar-refractivity contribution in [1.29, 1.82) is 0 Å². The molecule has 2 aromatic heterocycles. The van der Waals surface area contributed by atoms with Gasteiger partial charge in [-0.3, -0.25) is 9.97 Å². The summed E-state index contributed by atoms with van der Waals surface area (Å²) in [6.45, 7) is 0. The van der Waals surface area contributed by atoms with Crippen molar-refractivity contribution >= 4 is 5.82 Å². The minimum Gasteiger partial charge on any atom is -0.506 e. The van der Waals surface area contributed by atoms with E-state index in [-0.39, 0.29) is 5.75 Å². The van der Waals surface area contributed by atoms with Crippen LogP contribution >= 0.6 is 0 Å². The van der Waals surface area contributed by atoms with Crippen LogP contribution in [0.15, 0.2) is 30.9 Å². The third-order valence-corrected chi connectivity index (χ3v) is 1.67. The molecule has 0 atom stereocenters. The molecule has 0 unspecified atom stereocenters. The summed E-state index contributed by atoms with van der Waals surface area (Å²) in [5, 5.41) is 9.20. The van der Waals surface area contributed by atoms with Gasteiger partial charge >= 0.3 is 0 Å². The van der Waals surface area contributed by atoms with Crippen LogP contribution in [-0.2, 0) is 0 Å². The van der Waals surface area contributed by atoms with Crippen LogP contribution in [0, 0.1) is 0 Å². The number of nitrogens with zero attached hydrogens (tertiary/aromatic N) is 3. The largest absolute Gasteiger partial charge is 0.506 e. The average molecular weight is 188 g/mol. The Labute approximate surface area is 80.3 Å². The molecule has 2 heterocycles. The first-order chi connectivity index (χ1) is 6.75. The topological polar surface area (TPSA) is 84.9 Å². The molecule has 5 heteroatoms. The van der Waals surface area contributed by atoms with Crippen LogP contribution in [0.1, 0.15) is 0 Å². The molecule has 0 radical (unpaired) electrons. The van der Waals surface area contributed by atoms with Gasteiger partial charge in [-0.1, -0.05) is 0 Å². The normalized spacial score (nSPS) is 10.0. The Balaban J connectivity index is 2.49. The Hall–Kier alpha value is -2.17. The Morgan fingerprint density at radius 1 is 1.07 bits per heavy atom. The van der Waals surface area contributed by atoms with E-state index in [4.69, 9.17) is 5.73 Å². The average Bonchev–Trinajstić information content (AvgIpc) is 2.18. The van der Waals surface area contributed by atoms with Gasteiger partial charge in [-0.15, -0.1) is 0 Å². The van der Waals surface area contributed by atoms with Gasteiger partial charge in [0.25, 0.3) is 0 Å². The molecule has 0 aliphatic carbocycles. The second kappa shape index (κ2) is 3.29. The molecule has 0 aliphatic rings. The van der Waals surface area contributed by atoms with Crippen molar-refractivity contribution in [3.63, 3.8) is 0 Å². The molecule has 0 spiro atoms. The first-order valence-electron chi connectivity index (χ1n) is 3.97. The quantitative estimate of drug-likeness (QED) is 0.692. The van der Waals surface area contributed by atoms with E-state index in [1.54, 1.807) is 18.5 Å². The standard InChI is InChI=1S/C9H8N4O/c10-9-5-12-4-8(13-9)6-1-7(14)3-11-2-6/h1-5,14H,(H2,10,13). The lowest BCUT2D eigenvalue weighted by Crippen LogP contribution is -1.93. The Morgan fingerprint density at radius 3 is 2.57 bits per heavy atom. The number of aromatic hydroxyl groups is 1. The highest BCUT2D eigenvalue weighted by Crippen LogP contribution is 2.19. The summed E-state index contributed by atoms with van der Waals surface area (Å²) in [5.41, 5.74) is 6.75. The lowest BCUT2D eigenvalue weighted by atomic mass is 10.2. The Bertz CT molecular complexity index is 415. The van der Waals surface area contributed by atoms with Gasteiger partial charge in [-0.25, -0.2) is 4.98 Å². The Kier molecular flexibility index (Phi) is 1.98. The first kappa shape index (κ1) is 8.43. The number of pyridine rings is 1. The van der Waals surface area contributed by atoms with E-state index in [9.17, 15) is 5.11 Å². The van der Waals surface area contributed by atoms with Crippen molar-refractivity contribution in [2.24, 2.45) is 0 Å². The molecule has 3 N–H and O–H groups in total. The molecular weight excluding hydrogens is 180 g/mol. The summed E-state index contributed by atoms with van der Waals surface area (Å²) < 4.78 is 0. The van der Waals surface area contributed by atoms with Gasteiger partial charge in [-0.05, 0) is 6.07 Å². The monoisotopic (exact) mass is 188 g/mol. The molecule has 0 fully saturated rings. The molecule has 0 aromatic carbocycles. The van der Waals surface area contributed by atoms with Crippen LogP contribution in [0.3, 0.4) is 0 Å². The van der Waals surface area contributed by atoms with Gasteiger partial charge in [-0.2, -0.15) is 0 Å². The number of aromatic nitrogens is 3. The summed E-state index contributed by atoms with van der Waals surface area (Å²) in [4.78, 5) is 11.8. The van der Waals surface area contributed by atoms with E-state index < -0.39 is 0 Å². The van der Waals surface area contributed by atoms with Crippen LogP contribution in [-0.4, -0.2) is 20.1 Å². The minimum atomic E-state index is 0.0896. The molecular formula is C9H8N4O. The fourth-order valence-corrected chi connectivity index (χ4v) is 1.09. The third kappa shape index (κ3) is 1.61. The number of nitrogens with two attached hydrogens (primary N) is 1.